The average Bonchev–Trinajstić information content (AvgIpc) is 2.62. The molecule has 0 amide bonds. The topological polar surface area (TPSA) is 34.9 Å². The van der Waals surface area contributed by atoms with Gasteiger partial charge >= 0.3 is 0 Å². The normalized spacial score (nSPS) is 10.9. The average molecular weight is 368 g/mol. The van der Waals surface area contributed by atoms with Crippen LogP contribution in [0.4, 0.5) is 4.39 Å². The minimum absolute atomic E-state index is 0.0476. The van der Waals surface area contributed by atoms with Crippen LogP contribution in [0.5, 0.6) is 0 Å². The van der Waals surface area contributed by atoms with Crippen LogP contribution in [-0.2, 0) is 19.2 Å². The molecule has 0 N–H and O–H groups in total. The van der Waals surface area contributed by atoms with Gasteiger partial charge in [0.05, 0.1) is 0 Å². The summed E-state index contributed by atoms with van der Waals surface area (Å²) >= 11 is 1.56. The minimum atomic E-state index is -0.278. The van der Waals surface area contributed by atoms with Gasteiger partial charge in [-0.1, -0.05) is 53.7 Å². The number of benzene rings is 2. The first kappa shape index (κ1) is 18.4. The molecular weight excluding hydrogens is 347 g/mol. The molecule has 0 saturated carbocycles. The third-order valence-corrected chi connectivity index (χ3v) is 5.40. The van der Waals surface area contributed by atoms with Crippen molar-refractivity contribution < 1.29 is 4.39 Å². The molecule has 0 radical (unpaired) electrons. The van der Waals surface area contributed by atoms with Gasteiger partial charge in [-0.25, -0.2) is 9.37 Å². The largest absolute Gasteiger partial charge is 0.291 e. The number of thioether (sulfide) groups is 1. The summed E-state index contributed by atoms with van der Waals surface area (Å²) in [6.07, 6.45) is 0.453. The Morgan fingerprint density at radius 2 is 1.81 bits per heavy atom. The van der Waals surface area contributed by atoms with Crippen molar-refractivity contribution in [3.8, 4) is 0 Å². The fourth-order valence-electron chi connectivity index (χ4n) is 2.82. The third kappa shape index (κ3) is 4.22. The molecular formula is C21H21FN2OS. The Morgan fingerprint density at radius 1 is 1.08 bits per heavy atom. The van der Waals surface area contributed by atoms with E-state index in [9.17, 15) is 9.18 Å². The molecule has 0 unspecified atom stereocenters. The zero-order chi connectivity index (χ0) is 18.7. The van der Waals surface area contributed by atoms with Gasteiger partial charge in [-0.05, 0) is 37.1 Å². The third-order valence-electron chi connectivity index (χ3n) is 4.29. The maximum atomic E-state index is 13.1. The summed E-state index contributed by atoms with van der Waals surface area (Å²) in [6.45, 7) is 3.92. The number of halogens is 1. The Kier molecular flexibility index (Phi) is 5.57. The number of hydrogen-bond donors (Lipinski definition) is 0. The fourth-order valence-corrected chi connectivity index (χ4v) is 3.77. The van der Waals surface area contributed by atoms with Crippen molar-refractivity contribution in [3.63, 3.8) is 0 Å². The van der Waals surface area contributed by atoms with Crippen molar-refractivity contribution >= 4 is 11.8 Å². The zero-order valence-electron chi connectivity index (χ0n) is 15.1. The maximum Gasteiger partial charge on any atom is 0.257 e. The van der Waals surface area contributed by atoms with E-state index in [1.807, 2.05) is 13.0 Å². The van der Waals surface area contributed by atoms with Crippen molar-refractivity contribution in [2.24, 2.45) is 7.05 Å². The van der Waals surface area contributed by atoms with Crippen LogP contribution in [0.2, 0.25) is 0 Å². The van der Waals surface area contributed by atoms with Crippen LogP contribution < -0.4 is 5.56 Å². The molecule has 134 valence electrons. The molecule has 5 heteroatoms. The van der Waals surface area contributed by atoms with Crippen molar-refractivity contribution in [1.82, 2.24) is 9.55 Å². The van der Waals surface area contributed by atoms with Crippen LogP contribution in [-0.4, -0.2) is 9.55 Å². The minimum Gasteiger partial charge on any atom is -0.291 e. The molecule has 3 rings (SSSR count). The second kappa shape index (κ2) is 7.87. The predicted octanol–water partition coefficient (Wildman–Crippen LogP) is 4.42. The van der Waals surface area contributed by atoms with Gasteiger partial charge < -0.3 is 0 Å². The fraction of sp³-hybridized carbons (Fsp3) is 0.238. The first-order chi connectivity index (χ1) is 12.4. The van der Waals surface area contributed by atoms with Crippen LogP contribution in [0.1, 0.15) is 27.9 Å². The summed E-state index contributed by atoms with van der Waals surface area (Å²) in [5.41, 5.74) is 4.65. The molecule has 0 aliphatic heterocycles. The molecule has 0 saturated heterocycles. The second-order valence-corrected chi connectivity index (χ2v) is 7.35. The summed E-state index contributed by atoms with van der Waals surface area (Å²) in [6, 6.07) is 14.5. The highest BCUT2D eigenvalue weighted by Gasteiger charge is 2.13. The molecule has 3 nitrogen and oxygen atoms in total. The van der Waals surface area contributed by atoms with E-state index >= 15 is 0 Å². The lowest BCUT2D eigenvalue weighted by Gasteiger charge is -2.12. The van der Waals surface area contributed by atoms with Crippen LogP contribution in [0.3, 0.4) is 0 Å². The number of nitrogens with zero attached hydrogens (tertiary/aromatic N) is 2. The molecule has 1 aromatic heterocycles. The number of aryl methyl sites for hydroxylation is 2. The Balaban J connectivity index is 1.83. The summed E-state index contributed by atoms with van der Waals surface area (Å²) < 4.78 is 14.7. The number of aromatic nitrogens is 2. The molecule has 3 aromatic rings. The van der Waals surface area contributed by atoms with Gasteiger partial charge in [0, 0.05) is 30.5 Å². The van der Waals surface area contributed by atoms with Gasteiger partial charge in [0.15, 0.2) is 5.16 Å². The van der Waals surface area contributed by atoms with Crippen molar-refractivity contribution in [2.75, 3.05) is 0 Å². The van der Waals surface area contributed by atoms with Crippen LogP contribution in [0.15, 0.2) is 58.5 Å². The molecule has 1 heterocycles. The predicted molar refractivity (Wildman–Crippen MR) is 104 cm³/mol. The van der Waals surface area contributed by atoms with E-state index in [0.717, 1.165) is 17.0 Å². The molecule has 0 aliphatic rings. The van der Waals surface area contributed by atoms with E-state index in [1.54, 1.807) is 35.5 Å². The smallest absolute Gasteiger partial charge is 0.257 e. The lowest BCUT2D eigenvalue weighted by Crippen LogP contribution is -2.25. The first-order valence-electron chi connectivity index (χ1n) is 8.43. The molecule has 0 atom stereocenters. The summed E-state index contributed by atoms with van der Waals surface area (Å²) in [4.78, 5) is 17.4. The molecule has 2 aromatic carbocycles. The Bertz CT molecular complexity index is 980. The van der Waals surface area contributed by atoms with Crippen molar-refractivity contribution in [3.05, 3.63) is 92.6 Å². The van der Waals surface area contributed by atoms with E-state index in [2.05, 4.69) is 30.1 Å². The quantitative estimate of drug-likeness (QED) is 0.494. The van der Waals surface area contributed by atoms with E-state index in [1.165, 1.54) is 23.3 Å². The summed E-state index contributed by atoms with van der Waals surface area (Å²) in [5.74, 6) is 0.484. The van der Waals surface area contributed by atoms with Gasteiger partial charge in [0.25, 0.3) is 5.56 Å². The van der Waals surface area contributed by atoms with Crippen LogP contribution in [0.25, 0.3) is 0 Å². The summed E-state index contributed by atoms with van der Waals surface area (Å²) in [7, 11) is 1.75. The van der Waals surface area contributed by atoms with Crippen LogP contribution in [0, 0.1) is 19.7 Å². The molecule has 26 heavy (non-hydrogen) atoms. The molecule has 0 spiro atoms. The number of rotatable bonds is 5. The van der Waals surface area contributed by atoms with Crippen molar-refractivity contribution in [2.45, 2.75) is 31.2 Å². The van der Waals surface area contributed by atoms with Crippen molar-refractivity contribution in [1.29, 1.82) is 0 Å². The van der Waals surface area contributed by atoms with E-state index < -0.39 is 0 Å². The highest BCUT2D eigenvalue weighted by molar-refractivity contribution is 7.98. The van der Waals surface area contributed by atoms with E-state index in [4.69, 9.17) is 0 Å². The monoisotopic (exact) mass is 368 g/mol. The van der Waals surface area contributed by atoms with E-state index in [0.29, 0.717) is 17.1 Å². The first-order valence-corrected chi connectivity index (χ1v) is 9.42. The van der Waals surface area contributed by atoms with Gasteiger partial charge in [0.1, 0.15) is 5.82 Å². The Hall–Kier alpha value is -2.40. The zero-order valence-corrected chi connectivity index (χ0v) is 15.9. The van der Waals surface area contributed by atoms with E-state index in [-0.39, 0.29) is 11.4 Å². The standard InChI is InChI=1S/C21H21FN2OS/c1-14-5-4-6-17(11-14)13-26-21-23-15(2)19(20(25)24(21)3)12-16-7-9-18(22)10-8-16/h4-11H,12-13H2,1-3H3. The Morgan fingerprint density at radius 3 is 2.50 bits per heavy atom. The summed E-state index contributed by atoms with van der Waals surface area (Å²) in [5, 5.41) is 0.705. The second-order valence-electron chi connectivity index (χ2n) is 6.40. The van der Waals surface area contributed by atoms with Gasteiger partial charge in [0.2, 0.25) is 0 Å². The molecule has 0 fully saturated rings. The van der Waals surface area contributed by atoms with Gasteiger partial charge in [-0.3, -0.25) is 9.36 Å². The molecule has 0 aliphatic carbocycles. The van der Waals surface area contributed by atoms with Crippen LogP contribution >= 0.6 is 11.8 Å². The maximum absolute atomic E-state index is 13.1. The Labute approximate surface area is 156 Å². The molecule has 0 bridgehead atoms. The highest BCUT2D eigenvalue weighted by Crippen LogP contribution is 2.21. The highest BCUT2D eigenvalue weighted by atomic mass is 32.2. The SMILES string of the molecule is Cc1cccc(CSc2nc(C)c(Cc3ccc(F)cc3)c(=O)n2C)c1. The van der Waals surface area contributed by atoms with Gasteiger partial charge in [-0.2, -0.15) is 0 Å². The van der Waals surface area contributed by atoms with Gasteiger partial charge in [-0.15, -0.1) is 0 Å². The lowest BCUT2D eigenvalue weighted by atomic mass is 10.1. The number of hydrogen-bond acceptors (Lipinski definition) is 3. The lowest BCUT2D eigenvalue weighted by molar-refractivity contribution is 0.627.